The van der Waals surface area contributed by atoms with E-state index in [9.17, 15) is 19.7 Å². The van der Waals surface area contributed by atoms with Crippen LogP contribution in [0, 0.1) is 10.1 Å². The van der Waals surface area contributed by atoms with Crippen LogP contribution in [0.2, 0.25) is 0 Å². The number of aromatic amines is 1. The Labute approximate surface area is 198 Å². The standard InChI is InChI=1S/C24H18N6O5/c31-21(13-29-19-12-16(30(33)34)10-11-20(19)35-14-22(29)32)25-18-9-5-4-8-17(18)24-26-23(27-28-24)15-6-2-1-3-7-15/h1-12H,13-14H2,(H,25,31)(H,26,27,28). The van der Waals surface area contributed by atoms with Crippen molar-refractivity contribution in [2.75, 3.05) is 23.4 Å². The number of anilines is 2. The van der Waals surface area contributed by atoms with Crippen molar-refractivity contribution in [2.24, 2.45) is 0 Å². The number of carbonyl (C=O) groups is 2. The molecule has 2 N–H and O–H groups in total. The van der Waals surface area contributed by atoms with Gasteiger partial charge in [0.1, 0.15) is 12.3 Å². The van der Waals surface area contributed by atoms with Crippen LogP contribution in [0.4, 0.5) is 17.1 Å². The van der Waals surface area contributed by atoms with Crippen LogP contribution in [0.1, 0.15) is 0 Å². The number of nitro benzene ring substituents is 1. The van der Waals surface area contributed by atoms with Crippen LogP contribution >= 0.6 is 0 Å². The summed E-state index contributed by atoms with van der Waals surface area (Å²) in [7, 11) is 0. The quantitative estimate of drug-likeness (QED) is 0.325. The zero-order valence-electron chi connectivity index (χ0n) is 18.2. The number of H-pyrrole nitrogens is 1. The molecule has 1 aliphatic rings. The van der Waals surface area contributed by atoms with Crippen LogP contribution < -0.4 is 15.0 Å². The molecule has 11 nitrogen and oxygen atoms in total. The van der Waals surface area contributed by atoms with Crippen LogP contribution in [-0.2, 0) is 9.59 Å². The normalized spacial score (nSPS) is 12.6. The SMILES string of the molecule is O=C(CN1C(=O)COc2ccc([N+](=O)[O-])cc21)Nc1ccccc1-c1nc(-c2ccccc2)n[nH]1. The minimum Gasteiger partial charge on any atom is -0.482 e. The topological polar surface area (TPSA) is 143 Å². The number of para-hydroxylation sites is 1. The molecule has 0 spiro atoms. The van der Waals surface area contributed by atoms with Gasteiger partial charge >= 0.3 is 0 Å². The van der Waals surface area contributed by atoms with Crippen molar-refractivity contribution in [3.63, 3.8) is 0 Å². The number of aromatic nitrogens is 3. The molecule has 3 aromatic carbocycles. The summed E-state index contributed by atoms with van der Waals surface area (Å²) in [6, 6.07) is 20.4. The summed E-state index contributed by atoms with van der Waals surface area (Å²) in [6.45, 7) is -0.620. The van der Waals surface area contributed by atoms with E-state index >= 15 is 0 Å². The van der Waals surface area contributed by atoms with Crippen LogP contribution in [0.15, 0.2) is 72.8 Å². The number of ether oxygens (including phenoxy) is 1. The van der Waals surface area contributed by atoms with E-state index in [-0.39, 0.29) is 24.5 Å². The Morgan fingerprint density at radius 1 is 1.11 bits per heavy atom. The van der Waals surface area contributed by atoms with Crippen molar-refractivity contribution in [1.82, 2.24) is 15.2 Å². The fourth-order valence-corrected chi connectivity index (χ4v) is 3.71. The average molecular weight is 470 g/mol. The molecule has 35 heavy (non-hydrogen) atoms. The van der Waals surface area contributed by atoms with Gasteiger partial charge in [-0.25, -0.2) is 4.98 Å². The summed E-state index contributed by atoms with van der Waals surface area (Å²) in [5, 5.41) is 21.1. The van der Waals surface area contributed by atoms with Crippen molar-refractivity contribution in [1.29, 1.82) is 0 Å². The molecule has 11 heteroatoms. The lowest BCUT2D eigenvalue weighted by molar-refractivity contribution is -0.384. The predicted molar refractivity (Wildman–Crippen MR) is 127 cm³/mol. The van der Waals surface area contributed by atoms with Gasteiger partial charge in [-0.05, 0) is 18.2 Å². The smallest absolute Gasteiger partial charge is 0.271 e. The van der Waals surface area contributed by atoms with Crippen molar-refractivity contribution < 1.29 is 19.2 Å². The lowest BCUT2D eigenvalue weighted by Crippen LogP contribution is -2.43. The highest BCUT2D eigenvalue weighted by Gasteiger charge is 2.29. The summed E-state index contributed by atoms with van der Waals surface area (Å²) >= 11 is 0. The first-order chi connectivity index (χ1) is 17.0. The van der Waals surface area contributed by atoms with Crippen LogP contribution in [0.3, 0.4) is 0 Å². The van der Waals surface area contributed by atoms with Crippen LogP contribution in [0.25, 0.3) is 22.8 Å². The van der Waals surface area contributed by atoms with Crippen LogP contribution in [0.5, 0.6) is 5.75 Å². The van der Waals surface area contributed by atoms with Crippen molar-refractivity contribution in [2.45, 2.75) is 0 Å². The molecule has 1 aliphatic heterocycles. The Morgan fingerprint density at radius 3 is 2.69 bits per heavy atom. The number of hydrogen-bond acceptors (Lipinski definition) is 7. The first-order valence-corrected chi connectivity index (χ1v) is 10.6. The number of nitrogens with one attached hydrogen (secondary N) is 2. The monoisotopic (exact) mass is 470 g/mol. The van der Waals surface area contributed by atoms with Gasteiger partial charge in [0.2, 0.25) is 5.91 Å². The highest BCUT2D eigenvalue weighted by molar-refractivity contribution is 6.06. The Bertz CT molecular complexity index is 1440. The van der Waals surface area contributed by atoms with Gasteiger partial charge < -0.3 is 10.1 Å². The molecule has 0 atom stereocenters. The summed E-state index contributed by atoms with van der Waals surface area (Å²) < 4.78 is 5.35. The molecular weight excluding hydrogens is 452 g/mol. The number of carbonyl (C=O) groups excluding carboxylic acids is 2. The number of hydrogen-bond donors (Lipinski definition) is 2. The number of amides is 2. The molecule has 5 rings (SSSR count). The Hall–Kier alpha value is -5.06. The lowest BCUT2D eigenvalue weighted by atomic mass is 10.1. The number of nitro groups is 1. The van der Waals surface area contributed by atoms with E-state index in [0.717, 1.165) is 5.56 Å². The van der Waals surface area contributed by atoms with Gasteiger partial charge in [0.25, 0.3) is 11.6 Å². The van der Waals surface area contributed by atoms with Crippen LogP contribution in [-0.4, -0.2) is 45.1 Å². The number of benzene rings is 3. The second kappa shape index (κ2) is 9.06. The molecule has 0 fully saturated rings. The number of fused-ring (bicyclic) bond motifs is 1. The molecular formula is C24H18N6O5. The zero-order chi connectivity index (χ0) is 24.4. The highest BCUT2D eigenvalue weighted by Crippen LogP contribution is 2.35. The Balaban J connectivity index is 1.38. The van der Waals surface area contributed by atoms with Crippen molar-refractivity contribution in [3.05, 3.63) is 82.9 Å². The Kier molecular flexibility index (Phi) is 5.63. The summed E-state index contributed by atoms with van der Waals surface area (Å²) in [6.07, 6.45) is 0. The molecule has 4 aromatic rings. The molecule has 0 radical (unpaired) electrons. The number of nitrogens with zero attached hydrogens (tertiary/aromatic N) is 4. The largest absolute Gasteiger partial charge is 0.482 e. The van der Waals surface area contributed by atoms with Crippen molar-refractivity contribution >= 4 is 28.9 Å². The fourth-order valence-electron chi connectivity index (χ4n) is 3.71. The molecule has 174 valence electrons. The minimum absolute atomic E-state index is 0.168. The highest BCUT2D eigenvalue weighted by atomic mass is 16.6. The van der Waals surface area contributed by atoms with E-state index in [0.29, 0.717) is 28.6 Å². The Morgan fingerprint density at radius 2 is 1.89 bits per heavy atom. The number of rotatable bonds is 6. The maximum atomic E-state index is 12.9. The molecule has 2 heterocycles. The van der Waals surface area contributed by atoms with E-state index in [1.54, 1.807) is 24.3 Å². The predicted octanol–water partition coefficient (Wildman–Crippen LogP) is 3.41. The maximum Gasteiger partial charge on any atom is 0.271 e. The third kappa shape index (κ3) is 4.42. The second-order valence-electron chi connectivity index (χ2n) is 7.65. The molecule has 2 amide bonds. The molecule has 0 saturated carbocycles. The first kappa shape index (κ1) is 21.8. The number of non-ortho nitro benzene ring substituents is 1. The zero-order valence-corrected chi connectivity index (χ0v) is 18.2. The first-order valence-electron chi connectivity index (χ1n) is 10.6. The average Bonchev–Trinajstić information content (AvgIpc) is 3.36. The maximum absolute atomic E-state index is 12.9. The van der Waals surface area contributed by atoms with Crippen molar-refractivity contribution in [3.8, 4) is 28.5 Å². The van der Waals surface area contributed by atoms with Gasteiger partial charge in [0.15, 0.2) is 18.3 Å². The van der Waals surface area contributed by atoms with E-state index in [1.165, 1.54) is 23.1 Å². The molecule has 1 aromatic heterocycles. The van der Waals surface area contributed by atoms with Gasteiger partial charge in [0.05, 0.1) is 16.3 Å². The summed E-state index contributed by atoms with van der Waals surface area (Å²) in [5.74, 6) is 0.289. The molecule has 0 aliphatic carbocycles. The molecule has 0 unspecified atom stereocenters. The van der Waals surface area contributed by atoms with Gasteiger partial charge in [-0.2, -0.15) is 5.10 Å². The second-order valence-corrected chi connectivity index (χ2v) is 7.65. The van der Waals surface area contributed by atoms with Gasteiger partial charge in [-0.15, -0.1) is 0 Å². The fraction of sp³-hybridized carbons (Fsp3) is 0.0833. The van der Waals surface area contributed by atoms with Gasteiger partial charge in [0, 0.05) is 23.3 Å². The summed E-state index contributed by atoms with van der Waals surface area (Å²) in [4.78, 5) is 41.7. The third-order valence-electron chi connectivity index (χ3n) is 5.37. The van der Waals surface area contributed by atoms with E-state index in [2.05, 4.69) is 20.5 Å². The molecule has 0 saturated heterocycles. The van der Waals surface area contributed by atoms with E-state index in [1.807, 2.05) is 30.3 Å². The summed E-state index contributed by atoms with van der Waals surface area (Å²) in [5.41, 5.74) is 1.88. The van der Waals surface area contributed by atoms with E-state index in [4.69, 9.17) is 4.74 Å². The third-order valence-corrected chi connectivity index (χ3v) is 5.37. The van der Waals surface area contributed by atoms with E-state index < -0.39 is 16.7 Å². The van der Waals surface area contributed by atoms with Gasteiger partial charge in [-0.1, -0.05) is 42.5 Å². The molecule has 0 bridgehead atoms. The minimum atomic E-state index is -0.574. The van der Waals surface area contributed by atoms with Gasteiger partial charge in [-0.3, -0.25) is 29.7 Å². The lowest BCUT2D eigenvalue weighted by Gasteiger charge is -2.28.